The Morgan fingerprint density at radius 1 is 0.189 bits per heavy atom. The maximum absolute atomic E-state index is 9.13. The molecule has 8 aromatic rings. The molecule has 9 rings (SSSR count). The first-order valence-electron chi connectivity index (χ1n) is 18.4. The molecule has 0 saturated carbocycles. The van der Waals surface area contributed by atoms with Crippen LogP contribution in [0.1, 0.15) is 0 Å². The Labute approximate surface area is 316 Å². The van der Waals surface area contributed by atoms with Crippen molar-refractivity contribution >= 4 is 71.4 Å². The summed E-state index contributed by atoms with van der Waals surface area (Å²) < 4.78 is 9.13. The lowest BCUT2D eigenvalue weighted by atomic mass is 10.4. The fourth-order valence-corrected chi connectivity index (χ4v) is 90.7. The molecule has 1 aliphatic rings. The van der Waals surface area contributed by atoms with Gasteiger partial charge < -0.3 is 4.12 Å². The third-order valence-electron chi connectivity index (χ3n) is 11.5. The Kier molecular flexibility index (Phi) is 8.74. The molecule has 53 heavy (non-hydrogen) atoms. The van der Waals surface area contributed by atoms with Crippen molar-refractivity contribution in [3.63, 3.8) is 0 Å². The Hall–Kier alpha value is -5.41. The molecule has 1 saturated heterocycles. The largest absolute Gasteiger partial charge is 0.445 e. The first-order chi connectivity index (χ1) is 26.3. The summed E-state index contributed by atoms with van der Waals surface area (Å²) in [5, 5.41) is 11.2. The fraction of sp³-hybridized carbons (Fsp3) is 0. The summed E-state index contributed by atoms with van der Waals surface area (Å²) >= 11 is 0. The Morgan fingerprint density at radius 3 is 0.509 bits per heavy atom. The van der Waals surface area contributed by atoms with Crippen LogP contribution in [0.25, 0.3) is 0 Å². The first kappa shape index (κ1) is 33.4. The van der Waals surface area contributed by atoms with E-state index < -0.39 is 29.9 Å². The van der Waals surface area contributed by atoms with Crippen molar-refractivity contribution in [2.24, 2.45) is 0 Å². The van der Waals surface area contributed by atoms with Crippen molar-refractivity contribution in [2.75, 3.05) is 0 Å². The lowest BCUT2D eigenvalue weighted by Gasteiger charge is -2.52. The minimum absolute atomic E-state index is 1.34. The lowest BCUT2D eigenvalue weighted by molar-refractivity contribution is 0.616. The van der Waals surface area contributed by atoms with E-state index in [0.29, 0.717) is 0 Å². The zero-order chi connectivity index (χ0) is 35.6. The van der Waals surface area contributed by atoms with Crippen LogP contribution in [0, 0.1) is 0 Å². The molecule has 0 radical (unpaired) electrons. The summed E-state index contributed by atoms with van der Waals surface area (Å²) in [6.45, 7) is 0. The predicted molar refractivity (Wildman–Crippen MR) is 233 cm³/mol. The Balaban J connectivity index is 1.69. The number of hydrogen-bond acceptors (Lipinski definition) is 1. The molecule has 0 atom stereocenters. The molecule has 1 nitrogen and oxygen atoms in total. The van der Waals surface area contributed by atoms with Crippen LogP contribution < -0.4 is 41.5 Å². The number of benzene rings is 8. The van der Waals surface area contributed by atoms with Crippen molar-refractivity contribution in [1.82, 2.24) is 0 Å². The van der Waals surface area contributed by atoms with Gasteiger partial charge in [-0.2, -0.15) is 0 Å². The van der Waals surface area contributed by atoms with E-state index in [4.69, 9.17) is 4.12 Å². The van der Waals surface area contributed by atoms with E-state index in [1.807, 2.05) is 0 Å². The van der Waals surface area contributed by atoms with Crippen LogP contribution in [-0.4, -0.2) is 29.9 Å². The van der Waals surface area contributed by atoms with Gasteiger partial charge in [-0.05, 0) is 20.7 Å². The Bertz CT molecular complexity index is 2070. The molecule has 1 heterocycles. The highest BCUT2D eigenvalue weighted by atomic mass is 29.9. The van der Waals surface area contributed by atoms with Crippen LogP contribution in [0.3, 0.4) is 0 Å². The highest BCUT2D eigenvalue weighted by Gasteiger charge is 2.87. The van der Waals surface area contributed by atoms with Crippen LogP contribution in [0.2, 0.25) is 0 Å². The van der Waals surface area contributed by atoms with Crippen LogP contribution >= 0.6 is 0 Å². The topological polar surface area (TPSA) is 9.23 Å². The molecule has 0 N–H and O–H groups in total. The number of rotatable bonds is 8. The van der Waals surface area contributed by atoms with Crippen LogP contribution in [0.5, 0.6) is 0 Å². The first-order valence-corrected chi connectivity index (χ1v) is 29.3. The summed E-state index contributed by atoms with van der Waals surface area (Å²) in [6, 6.07) is 92.7. The maximum atomic E-state index is 9.13. The molecule has 0 unspecified atom stereocenters. The molecule has 0 aromatic heterocycles. The molecule has 0 aliphatic carbocycles. The summed E-state index contributed by atoms with van der Waals surface area (Å²) in [7, 11) is -13.4. The van der Waals surface area contributed by atoms with Gasteiger partial charge in [-0.1, -0.05) is 263 Å². The van der Waals surface area contributed by atoms with Gasteiger partial charge in [0.05, 0.1) is 0 Å². The molecule has 0 bridgehead atoms. The van der Waals surface area contributed by atoms with Crippen molar-refractivity contribution in [2.45, 2.75) is 0 Å². The molecular formula is C48H40OSi4. The lowest BCUT2D eigenvalue weighted by Crippen LogP contribution is -3.00. The molecular weight excluding hydrogens is 705 g/mol. The molecule has 0 spiro atoms. The third-order valence-corrected chi connectivity index (χ3v) is 63.8. The van der Waals surface area contributed by atoms with Gasteiger partial charge in [0.2, 0.25) is 15.7 Å². The summed E-state index contributed by atoms with van der Waals surface area (Å²) in [5.41, 5.74) is 0. The van der Waals surface area contributed by atoms with Gasteiger partial charge in [0.1, 0.15) is 0 Å². The normalized spacial score (nSPS) is 16.5. The van der Waals surface area contributed by atoms with Crippen molar-refractivity contribution in [3.05, 3.63) is 243 Å². The monoisotopic (exact) mass is 744 g/mol. The zero-order valence-corrected chi connectivity index (χ0v) is 33.5. The quantitative estimate of drug-likeness (QED) is 0.192. The SMILES string of the molecule is c1ccc([Si]2(c3ccccc3)O[Si](c3ccccc3)(c3ccccc3)[Si](c3ccccc3)(c3ccccc3)[Si]2(c2ccccc2)c2ccccc2)cc1. The average molecular weight is 745 g/mol. The minimum Gasteiger partial charge on any atom is -0.445 e. The summed E-state index contributed by atoms with van der Waals surface area (Å²) in [4.78, 5) is 0. The number of hydrogen-bond donors (Lipinski definition) is 0. The van der Waals surface area contributed by atoms with Gasteiger partial charge in [0.25, 0.3) is 0 Å². The van der Waals surface area contributed by atoms with Crippen molar-refractivity contribution in [1.29, 1.82) is 0 Å². The van der Waals surface area contributed by atoms with Crippen LogP contribution in [0.4, 0.5) is 0 Å². The van der Waals surface area contributed by atoms with Gasteiger partial charge >= 0.3 is 0 Å². The minimum atomic E-state index is -3.39. The van der Waals surface area contributed by atoms with Crippen molar-refractivity contribution in [3.8, 4) is 0 Å². The molecule has 254 valence electrons. The van der Waals surface area contributed by atoms with Crippen molar-refractivity contribution < 1.29 is 4.12 Å². The van der Waals surface area contributed by atoms with Crippen LogP contribution in [-0.2, 0) is 4.12 Å². The molecule has 8 aromatic carbocycles. The highest BCUT2D eigenvalue weighted by molar-refractivity contribution is 8.01. The van der Waals surface area contributed by atoms with Gasteiger partial charge in [-0.15, -0.1) is 0 Å². The maximum Gasteiger partial charge on any atom is 0.238 e. The van der Waals surface area contributed by atoms with E-state index in [2.05, 4.69) is 243 Å². The highest BCUT2D eigenvalue weighted by Crippen LogP contribution is 2.44. The molecule has 5 heteroatoms. The van der Waals surface area contributed by atoms with Gasteiger partial charge in [0, 0.05) is 0 Å². The van der Waals surface area contributed by atoms with Gasteiger partial charge in [0.15, 0.2) is 14.2 Å². The van der Waals surface area contributed by atoms with E-state index in [1.165, 1.54) is 41.5 Å². The van der Waals surface area contributed by atoms with E-state index >= 15 is 0 Å². The molecule has 0 amide bonds. The average Bonchev–Trinajstić information content (AvgIpc) is 3.54. The smallest absolute Gasteiger partial charge is 0.238 e. The second kappa shape index (κ2) is 13.9. The van der Waals surface area contributed by atoms with Gasteiger partial charge in [-0.3, -0.25) is 0 Å². The van der Waals surface area contributed by atoms with E-state index in [-0.39, 0.29) is 0 Å². The molecule has 1 aliphatic heterocycles. The fourth-order valence-electron chi connectivity index (χ4n) is 9.80. The van der Waals surface area contributed by atoms with Crippen LogP contribution in [0.15, 0.2) is 243 Å². The van der Waals surface area contributed by atoms with E-state index in [1.54, 1.807) is 0 Å². The third kappa shape index (κ3) is 4.75. The zero-order valence-electron chi connectivity index (χ0n) is 29.5. The second-order valence-corrected chi connectivity index (χ2v) is 41.3. The second-order valence-electron chi connectivity index (χ2n) is 13.9. The van der Waals surface area contributed by atoms with Gasteiger partial charge in [-0.25, -0.2) is 0 Å². The summed E-state index contributed by atoms with van der Waals surface area (Å²) in [5.74, 6) is 0. The summed E-state index contributed by atoms with van der Waals surface area (Å²) in [6.07, 6.45) is 0. The predicted octanol–water partition coefficient (Wildman–Crippen LogP) is 5.30. The standard InChI is InChI=1S/C48H40OSi4/c1-9-25-41(26-10-1)50(42-27-11-2-12-28-42)49-51(43-29-13-3-14-30-43,44-31-15-4-16-32-44)53(47-37-21-7-22-38-47,48-39-23-8-24-40-48)52(50,45-33-17-5-18-34-45)46-35-19-6-20-36-46/h1-40H. The molecule has 1 fully saturated rings. The van der Waals surface area contributed by atoms with E-state index in [0.717, 1.165) is 0 Å². The Morgan fingerprint density at radius 2 is 0.340 bits per heavy atom. The van der Waals surface area contributed by atoms with E-state index in [9.17, 15) is 0 Å².